The molecule has 0 spiro atoms. The van der Waals surface area contributed by atoms with Gasteiger partial charge in [0.2, 0.25) is 0 Å². The average molecular weight is 681 g/mol. The summed E-state index contributed by atoms with van der Waals surface area (Å²) in [4.78, 5) is 0. The molecule has 5 rings (SSSR count). The van der Waals surface area contributed by atoms with E-state index >= 15 is 0 Å². The van der Waals surface area contributed by atoms with Crippen LogP contribution in [0.1, 0.15) is 164 Å². The van der Waals surface area contributed by atoms with Crippen molar-refractivity contribution in [3.05, 3.63) is 11.6 Å². The molecule has 4 N–H and O–H groups in total. The van der Waals surface area contributed by atoms with E-state index in [4.69, 9.17) is 0 Å². The zero-order chi connectivity index (χ0) is 34.7. The van der Waals surface area contributed by atoms with E-state index in [-0.39, 0.29) is 0 Å². The summed E-state index contributed by atoms with van der Waals surface area (Å²) in [6, 6.07) is 0.764. The second-order valence-electron chi connectivity index (χ2n) is 19.3. The lowest BCUT2D eigenvalue weighted by Gasteiger charge is -2.61. The normalized spacial score (nSPS) is 36.6. The molecule has 0 heterocycles. The second-order valence-corrected chi connectivity index (χ2v) is 19.3. The molecule has 284 valence electrons. The van der Waals surface area contributed by atoms with E-state index in [2.05, 4.69) is 68.9 Å². The first-order chi connectivity index (χ1) is 23.7. The van der Waals surface area contributed by atoms with Gasteiger partial charge in [0.25, 0.3) is 0 Å². The van der Waals surface area contributed by atoms with Gasteiger partial charge in [-0.05, 0) is 207 Å². The largest absolute Gasteiger partial charge is 0.317 e. The Bertz CT molecular complexity index is 977. The van der Waals surface area contributed by atoms with Gasteiger partial charge in [-0.25, -0.2) is 0 Å². The maximum atomic E-state index is 4.03. The van der Waals surface area contributed by atoms with E-state index in [0.717, 1.165) is 79.6 Å². The summed E-state index contributed by atoms with van der Waals surface area (Å²) in [6.45, 7) is 23.4. The number of allylic oxidation sites excluding steroid dienone is 1. The molecule has 0 aromatic heterocycles. The van der Waals surface area contributed by atoms with Crippen molar-refractivity contribution in [2.24, 2.45) is 58.2 Å². The van der Waals surface area contributed by atoms with Crippen LogP contribution in [0.25, 0.3) is 0 Å². The van der Waals surface area contributed by atoms with E-state index in [1.165, 1.54) is 129 Å². The Morgan fingerprint density at radius 1 is 0.694 bits per heavy atom. The molecule has 8 unspecified atom stereocenters. The van der Waals surface area contributed by atoms with Crippen molar-refractivity contribution >= 4 is 0 Å². The maximum Gasteiger partial charge on any atom is 0.00701 e. The summed E-state index contributed by atoms with van der Waals surface area (Å²) in [6.07, 6.45) is 29.4. The molecule has 4 fully saturated rings. The average Bonchev–Trinajstić information content (AvgIpc) is 3.44. The van der Waals surface area contributed by atoms with Crippen molar-refractivity contribution in [2.75, 3.05) is 45.8 Å². The third kappa shape index (κ3) is 10.6. The standard InChI is InChI=1S/C45H84N4/c1-34(2)14-11-16-36(4)41-20-21-42-40-19-18-38-32-39(22-24-44(38,5)43(40)23-25-45(41,42)6)49-31-13-29-47-27-10-9-26-46-28-12-30-48-33-37-17-8-7-15-35(37)3/h15,34,36-43,46-49H,7-14,16-33H2,1-6H3/t36?,37?,38-,39?,40?,41?,42?,43?,44+,45?/m1/s1. The van der Waals surface area contributed by atoms with Crippen LogP contribution in [0.5, 0.6) is 0 Å². The molecule has 0 aliphatic heterocycles. The van der Waals surface area contributed by atoms with Crippen molar-refractivity contribution in [2.45, 2.75) is 170 Å². The highest BCUT2D eigenvalue weighted by molar-refractivity contribution is 5.10. The number of hydrogen-bond donors (Lipinski definition) is 4. The summed E-state index contributed by atoms with van der Waals surface area (Å²) in [5, 5.41) is 15.1. The summed E-state index contributed by atoms with van der Waals surface area (Å²) in [5.41, 5.74) is 2.85. The summed E-state index contributed by atoms with van der Waals surface area (Å²) >= 11 is 0. The summed E-state index contributed by atoms with van der Waals surface area (Å²) in [7, 11) is 0. The van der Waals surface area contributed by atoms with Gasteiger partial charge >= 0.3 is 0 Å². The van der Waals surface area contributed by atoms with Crippen LogP contribution in [-0.4, -0.2) is 51.9 Å². The van der Waals surface area contributed by atoms with Crippen LogP contribution < -0.4 is 21.3 Å². The Balaban J connectivity index is 0.887. The molecule has 4 nitrogen and oxygen atoms in total. The zero-order valence-electron chi connectivity index (χ0n) is 33.7. The molecule has 0 bridgehead atoms. The number of fused-ring (bicyclic) bond motifs is 5. The molecule has 5 aliphatic rings. The van der Waals surface area contributed by atoms with Crippen LogP contribution in [0, 0.1) is 58.2 Å². The van der Waals surface area contributed by atoms with Crippen LogP contribution >= 0.6 is 0 Å². The fourth-order valence-electron chi connectivity index (χ4n) is 12.7. The van der Waals surface area contributed by atoms with E-state index in [9.17, 15) is 0 Å². The Hall–Kier alpha value is -0.420. The van der Waals surface area contributed by atoms with Gasteiger partial charge in [-0.2, -0.15) is 0 Å². The van der Waals surface area contributed by atoms with Gasteiger partial charge in [0, 0.05) is 12.6 Å². The molecule has 0 aromatic rings. The smallest absolute Gasteiger partial charge is 0.00701 e. The minimum atomic E-state index is 0.613. The van der Waals surface area contributed by atoms with Crippen molar-refractivity contribution in [1.82, 2.24) is 21.3 Å². The van der Waals surface area contributed by atoms with Gasteiger partial charge in [-0.15, -0.1) is 0 Å². The van der Waals surface area contributed by atoms with Crippen LogP contribution in [0.2, 0.25) is 0 Å². The van der Waals surface area contributed by atoms with Gasteiger partial charge in [0.15, 0.2) is 0 Å². The number of nitrogens with one attached hydrogen (secondary N) is 4. The van der Waals surface area contributed by atoms with Crippen LogP contribution in [-0.2, 0) is 0 Å². The monoisotopic (exact) mass is 681 g/mol. The molecule has 0 amide bonds. The van der Waals surface area contributed by atoms with Crippen LogP contribution in [0.15, 0.2) is 11.6 Å². The SMILES string of the molecule is CC1=CCCCC1CNCCCNCCCCNCCCNC1CC[C@]2(C)C3CCC4(C)C(C(C)CCCC(C)C)CCC4C3CC[C@@H]2C1. The molecule has 49 heavy (non-hydrogen) atoms. The minimum absolute atomic E-state index is 0.613. The molecular formula is C45H84N4. The predicted octanol–water partition coefficient (Wildman–Crippen LogP) is 10.1. The van der Waals surface area contributed by atoms with E-state index in [0.29, 0.717) is 10.8 Å². The number of hydrogen-bond acceptors (Lipinski definition) is 4. The topological polar surface area (TPSA) is 48.1 Å². The summed E-state index contributed by atoms with van der Waals surface area (Å²) < 4.78 is 0. The van der Waals surface area contributed by atoms with E-state index < -0.39 is 0 Å². The Kier molecular flexibility index (Phi) is 15.9. The third-order valence-corrected chi connectivity index (χ3v) is 15.8. The Labute approximate surface area is 305 Å². The molecular weight excluding hydrogens is 597 g/mol. The first kappa shape index (κ1) is 39.8. The van der Waals surface area contributed by atoms with Gasteiger partial charge in [-0.3, -0.25) is 0 Å². The van der Waals surface area contributed by atoms with E-state index in [1.54, 1.807) is 18.4 Å². The van der Waals surface area contributed by atoms with Gasteiger partial charge in [0.05, 0.1) is 0 Å². The lowest BCUT2D eigenvalue weighted by Crippen LogP contribution is -2.55. The summed E-state index contributed by atoms with van der Waals surface area (Å²) in [5.74, 6) is 7.58. The van der Waals surface area contributed by atoms with Crippen LogP contribution in [0.4, 0.5) is 0 Å². The Morgan fingerprint density at radius 3 is 2.14 bits per heavy atom. The molecule has 4 heteroatoms. The first-order valence-corrected chi connectivity index (χ1v) is 22.2. The van der Waals surface area contributed by atoms with Crippen molar-refractivity contribution < 1.29 is 0 Å². The van der Waals surface area contributed by atoms with Gasteiger partial charge < -0.3 is 21.3 Å². The lowest BCUT2D eigenvalue weighted by atomic mass is 9.44. The zero-order valence-corrected chi connectivity index (χ0v) is 33.7. The number of rotatable bonds is 21. The molecule has 0 saturated heterocycles. The van der Waals surface area contributed by atoms with Gasteiger partial charge in [-0.1, -0.05) is 65.5 Å². The molecule has 4 saturated carbocycles. The first-order valence-electron chi connectivity index (χ1n) is 22.2. The molecule has 5 aliphatic carbocycles. The quantitative estimate of drug-likeness (QED) is 0.0720. The van der Waals surface area contributed by atoms with E-state index in [1.807, 2.05) is 0 Å². The fourth-order valence-corrected chi connectivity index (χ4v) is 12.7. The Morgan fingerprint density at radius 2 is 1.39 bits per heavy atom. The highest BCUT2D eigenvalue weighted by atomic mass is 14.9. The minimum Gasteiger partial charge on any atom is -0.317 e. The van der Waals surface area contributed by atoms with Gasteiger partial charge in [0.1, 0.15) is 0 Å². The molecule has 10 atom stereocenters. The number of unbranched alkanes of at least 4 members (excludes halogenated alkanes) is 1. The third-order valence-electron chi connectivity index (χ3n) is 15.8. The fraction of sp³-hybridized carbons (Fsp3) is 0.956. The predicted molar refractivity (Wildman–Crippen MR) is 213 cm³/mol. The van der Waals surface area contributed by atoms with Crippen molar-refractivity contribution in [3.63, 3.8) is 0 Å². The van der Waals surface area contributed by atoms with Crippen molar-refractivity contribution in [3.8, 4) is 0 Å². The second kappa shape index (κ2) is 19.6. The molecule has 0 radical (unpaired) electrons. The van der Waals surface area contributed by atoms with Crippen molar-refractivity contribution in [1.29, 1.82) is 0 Å². The van der Waals surface area contributed by atoms with Crippen LogP contribution in [0.3, 0.4) is 0 Å². The highest BCUT2D eigenvalue weighted by Crippen LogP contribution is 2.68. The molecule has 0 aromatic carbocycles. The maximum absolute atomic E-state index is 4.03. The lowest BCUT2D eigenvalue weighted by molar-refractivity contribution is -0.118. The highest BCUT2D eigenvalue weighted by Gasteiger charge is 2.60.